The Morgan fingerprint density at radius 3 is 2.47 bits per heavy atom. The van der Waals surface area contributed by atoms with Crippen molar-refractivity contribution in [2.45, 2.75) is 31.7 Å². The fourth-order valence-corrected chi connectivity index (χ4v) is 3.33. The summed E-state index contributed by atoms with van der Waals surface area (Å²) >= 11 is 0. The number of amides is 2. The maximum Gasteiger partial charge on any atom is 0.329 e. The van der Waals surface area contributed by atoms with E-state index in [1.54, 1.807) is 20.8 Å². The van der Waals surface area contributed by atoms with Gasteiger partial charge in [-0.2, -0.15) is 0 Å². The van der Waals surface area contributed by atoms with E-state index in [0.29, 0.717) is 5.56 Å². The Morgan fingerprint density at radius 1 is 1.20 bits per heavy atom. The average molecular weight is 437 g/mol. The lowest BCUT2D eigenvalue weighted by molar-refractivity contribution is -0.150. The molecule has 1 heterocycles. The second kappa shape index (κ2) is 9.55. The predicted octanol–water partition coefficient (Wildman–Crippen LogP) is 1.17. The minimum atomic E-state index is -3.95. The molecule has 2 rings (SSSR count). The lowest BCUT2D eigenvalue weighted by Crippen LogP contribution is -2.45. The van der Waals surface area contributed by atoms with Crippen LogP contribution in [-0.2, 0) is 24.3 Å². The van der Waals surface area contributed by atoms with Crippen LogP contribution in [0, 0.1) is 12.8 Å². The zero-order chi connectivity index (χ0) is 22.5. The molecule has 4 N–H and O–H groups in total. The standard InChI is InChI=1S/C19H23N3O7S/c1-11(2)17(22-18(24)14-5-4-8-28-14)19(25)29-10-16(23)21-13-7-6-12(3)15(9-13)30(20,26)27/h4-9,11,17H,10H2,1-3H3,(H,21,23)(H,22,24)(H2,20,26,27). The maximum atomic E-state index is 12.3. The van der Waals surface area contributed by atoms with Gasteiger partial charge in [0, 0.05) is 5.69 Å². The van der Waals surface area contributed by atoms with Crippen molar-refractivity contribution in [2.24, 2.45) is 11.1 Å². The van der Waals surface area contributed by atoms with Gasteiger partial charge < -0.3 is 19.8 Å². The molecular weight excluding hydrogens is 414 g/mol. The van der Waals surface area contributed by atoms with Crippen LogP contribution in [0.3, 0.4) is 0 Å². The third kappa shape index (κ3) is 6.16. The van der Waals surface area contributed by atoms with Crippen LogP contribution in [0.2, 0.25) is 0 Å². The Hall–Kier alpha value is -3.18. The fraction of sp³-hybridized carbons (Fsp3) is 0.316. The molecule has 0 aliphatic carbocycles. The maximum absolute atomic E-state index is 12.3. The van der Waals surface area contributed by atoms with Crippen LogP contribution in [0.25, 0.3) is 0 Å². The largest absolute Gasteiger partial charge is 0.459 e. The SMILES string of the molecule is Cc1ccc(NC(=O)COC(=O)C(NC(=O)c2ccco2)C(C)C)cc1S(N)(=O)=O. The van der Waals surface area contributed by atoms with Crippen molar-refractivity contribution in [3.63, 3.8) is 0 Å². The third-order valence-electron chi connectivity index (χ3n) is 4.08. The predicted molar refractivity (Wildman–Crippen MR) is 107 cm³/mol. The molecule has 0 aliphatic heterocycles. The number of hydrogen-bond acceptors (Lipinski definition) is 7. The van der Waals surface area contributed by atoms with E-state index in [-0.39, 0.29) is 22.3 Å². The van der Waals surface area contributed by atoms with Gasteiger partial charge in [-0.3, -0.25) is 9.59 Å². The van der Waals surface area contributed by atoms with Gasteiger partial charge in [-0.15, -0.1) is 0 Å². The van der Waals surface area contributed by atoms with Gasteiger partial charge in [-0.05, 0) is 42.7 Å². The molecule has 2 amide bonds. The van der Waals surface area contributed by atoms with Crippen molar-refractivity contribution in [3.8, 4) is 0 Å². The zero-order valence-corrected chi connectivity index (χ0v) is 17.5. The molecule has 1 aromatic heterocycles. The van der Waals surface area contributed by atoms with Crippen molar-refractivity contribution < 1.29 is 32.0 Å². The molecule has 0 bridgehead atoms. The van der Waals surface area contributed by atoms with Gasteiger partial charge in [0.15, 0.2) is 12.4 Å². The van der Waals surface area contributed by atoms with Crippen LogP contribution in [0.5, 0.6) is 0 Å². The zero-order valence-electron chi connectivity index (χ0n) is 16.7. The first-order valence-corrected chi connectivity index (χ1v) is 10.5. The highest BCUT2D eigenvalue weighted by molar-refractivity contribution is 7.89. The van der Waals surface area contributed by atoms with E-state index in [1.807, 2.05) is 0 Å². The van der Waals surface area contributed by atoms with Crippen LogP contribution in [0.4, 0.5) is 5.69 Å². The van der Waals surface area contributed by atoms with Crippen LogP contribution in [0.15, 0.2) is 45.9 Å². The molecule has 10 nitrogen and oxygen atoms in total. The summed E-state index contributed by atoms with van der Waals surface area (Å²) in [5.41, 5.74) is 0.603. The molecule has 0 saturated heterocycles. The Bertz CT molecular complexity index is 1030. The first kappa shape index (κ1) is 23.1. The van der Waals surface area contributed by atoms with E-state index in [1.165, 1.54) is 36.6 Å². The minimum absolute atomic E-state index is 0.0382. The Morgan fingerprint density at radius 2 is 1.90 bits per heavy atom. The summed E-state index contributed by atoms with van der Waals surface area (Å²) in [6.45, 7) is 4.35. The lowest BCUT2D eigenvalue weighted by atomic mass is 10.0. The van der Waals surface area contributed by atoms with E-state index in [4.69, 9.17) is 14.3 Å². The summed E-state index contributed by atoms with van der Waals surface area (Å²) in [6.07, 6.45) is 1.33. The summed E-state index contributed by atoms with van der Waals surface area (Å²) in [4.78, 5) is 36.4. The number of nitrogens with two attached hydrogens (primary N) is 1. The molecule has 162 valence electrons. The highest BCUT2D eigenvalue weighted by atomic mass is 32.2. The normalized spacial score (nSPS) is 12.3. The number of rotatable bonds is 8. The smallest absolute Gasteiger partial charge is 0.329 e. The van der Waals surface area contributed by atoms with Gasteiger partial charge in [0.25, 0.3) is 11.8 Å². The van der Waals surface area contributed by atoms with Crippen molar-refractivity contribution in [1.82, 2.24) is 5.32 Å². The van der Waals surface area contributed by atoms with Crippen molar-refractivity contribution in [2.75, 3.05) is 11.9 Å². The number of esters is 1. The number of furan rings is 1. The lowest BCUT2D eigenvalue weighted by Gasteiger charge is -2.20. The van der Waals surface area contributed by atoms with E-state index in [2.05, 4.69) is 10.6 Å². The Balaban J connectivity index is 1.97. The number of sulfonamides is 1. The number of anilines is 1. The van der Waals surface area contributed by atoms with Crippen LogP contribution in [-0.4, -0.2) is 38.9 Å². The number of benzene rings is 1. The third-order valence-corrected chi connectivity index (χ3v) is 5.13. The molecule has 2 aromatic rings. The summed E-state index contributed by atoms with van der Waals surface area (Å²) < 4.78 is 33.1. The fourth-order valence-electron chi connectivity index (χ4n) is 2.53. The number of carbonyl (C=O) groups is 3. The monoisotopic (exact) mass is 437 g/mol. The second-order valence-electron chi connectivity index (χ2n) is 6.85. The molecule has 30 heavy (non-hydrogen) atoms. The molecule has 0 saturated carbocycles. The molecule has 0 fully saturated rings. The first-order chi connectivity index (χ1) is 14.0. The number of nitrogens with one attached hydrogen (secondary N) is 2. The molecular formula is C19H23N3O7S. The Kier molecular flexibility index (Phi) is 7.35. The van der Waals surface area contributed by atoms with Crippen molar-refractivity contribution >= 4 is 33.5 Å². The number of carbonyl (C=O) groups excluding carboxylic acids is 3. The topological polar surface area (TPSA) is 158 Å². The summed E-state index contributed by atoms with van der Waals surface area (Å²) in [5.74, 6) is -2.35. The summed E-state index contributed by atoms with van der Waals surface area (Å²) in [5, 5.41) is 10.1. The highest BCUT2D eigenvalue weighted by Gasteiger charge is 2.27. The summed E-state index contributed by atoms with van der Waals surface area (Å²) in [7, 11) is -3.95. The van der Waals surface area contributed by atoms with E-state index in [0.717, 1.165) is 0 Å². The number of primary sulfonamides is 1. The van der Waals surface area contributed by atoms with Gasteiger partial charge in [0.2, 0.25) is 10.0 Å². The van der Waals surface area contributed by atoms with E-state index in [9.17, 15) is 22.8 Å². The Labute approximate surface area is 173 Å². The first-order valence-electron chi connectivity index (χ1n) is 8.93. The van der Waals surface area contributed by atoms with Gasteiger partial charge in [0.1, 0.15) is 6.04 Å². The number of ether oxygens (including phenoxy) is 1. The molecule has 0 aliphatic rings. The van der Waals surface area contributed by atoms with Crippen LogP contribution < -0.4 is 15.8 Å². The van der Waals surface area contributed by atoms with E-state index < -0.39 is 40.5 Å². The minimum Gasteiger partial charge on any atom is -0.459 e. The summed E-state index contributed by atoms with van der Waals surface area (Å²) in [6, 6.07) is 6.18. The molecule has 0 radical (unpaired) electrons. The van der Waals surface area contributed by atoms with Gasteiger partial charge in [-0.25, -0.2) is 18.4 Å². The number of hydrogen-bond donors (Lipinski definition) is 3. The second-order valence-corrected chi connectivity index (χ2v) is 8.38. The van der Waals surface area contributed by atoms with Gasteiger partial charge >= 0.3 is 5.97 Å². The van der Waals surface area contributed by atoms with Gasteiger partial charge in [-0.1, -0.05) is 19.9 Å². The average Bonchev–Trinajstić information content (AvgIpc) is 3.19. The molecule has 1 atom stereocenters. The molecule has 11 heteroatoms. The van der Waals surface area contributed by atoms with Crippen LogP contribution in [0.1, 0.15) is 30.0 Å². The quantitative estimate of drug-likeness (QED) is 0.523. The van der Waals surface area contributed by atoms with E-state index >= 15 is 0 Å². The molecule has 1 aromatic carbocycles. The van der Waals surface area contributed by atoms with Crippen LogP contribution >= 0.6 is 0 Å². The molecule has 0 spiro atoms. The highest BCUT2D eigenvalue weighted by Crippen LogP contribution is 2.19. The van der Waals surface area contributed by atoms with Crippen molar-refractivity contribution in [1.29, 1.82) is 0 Å². The van der Waals surface area contributed by atoms with Crippen molar-refractivity contribution in [3.05, 3.63) is 47.9 Å². The van der Waals surface area contributed by atoms with Gasteiger partial charge in [0.05, 0.1) is 11.2 Å². The number of aryl methyl sites for hydroxylation is 1. The molecule has 1 unspecified atom stereocenters.